The molecule has 1 N–H and O–H groups in total. The van der Waals surface area contributed by atoms with Gasteiger partial charge in [-0.1, -0.05) is 18.2 Å². The zero-order valence-electron chi connectivity index (χ0n) is 8.34. The summed E-state index contributed by atoms with van der Waals surface area (Å²) in [4.78, 5) is 8.01. The van der Waals surface area contributed by atoms with Crippen molar-refractivity contribution in [2.75, 3.05) is 12.4 Å². The molecule has 15 heavy (non-hydrogen) atoms. The highest BCUT2D eigenvalue weighted by Gasteiger charge is 1.97. The Balaban J connectivity index is 2.17. The molecule has 0 saturated heterocycles. The standard InChI is InChI=1S/C11H11N3O/c1-15-11-7-10(12-8-13-11)14-9-5-3-2-4-6-9/h2-8H,1H3,(H,12,13,14). The van der Waals surface area contributed by atoms with Crippen molar-refractivity contribution in [3.05, 3.63) is 42.7 Å². The summed E-state index contributed by atoms with van der Waals surface area (Å²) >= 11 is 0. The molecule has 0 atom stereocenters. The molecule has 0 amide bonds. The number of hydrogen-bond acceptors (Lipinski definition) is 4. The topological polar surface area (TPSA) is 47.0 Å². The quantitative estimate of drug-likeness (QED) is 0.827. The average Bonchev–Trinajstić information content (AvgIpc) is 2.31. The predicted molar refractivity (Wildman–Crippen MR) is 58.3 cm³/mol. The lowest BCUT2D eigenvalue weighted by molar-refractivity contribution is 0.397. The predicted octanol–water partition coefficient (Wildman–Crippen LogP) is 2.23. The maximum absolute atomic E-state index is 5.00. The van der Waals surface area contributed by atoms with Crippen LogP contribution in [0.2, 0.25) is 0 Å². The van der Waals surface area contributed by atoms with E-state index in [2.05, 4.69) is 15.3 Å². The highest BCUT2D eigenvalue weighted by molar-refractivity contribution is 5.56. The van der Waals surface area contributed by atoms with Crippen LogP contribution in [0, 0.1) is 0 Å². The van der Waals surface area contributed by atoms with Gasteiger partial charge in [0.15, 0.2) is 0 Å². The first-order valence-electron chi connectivity index (χ1n) is 4.56. The molecule has 0 unspecified atom stereocenters. The van der Waals surface area contributed by atoms with Crippen molar-refractivity contribution in [3.8, 4) is 5.88 Å². The van der Waals surface area contributed by atoms with Gasteiger partial charge in [0.1, 0.15) is 12.1 Å². The molecule has 0 aliphatic heterocycles. The third-order valence-corrected chi connectivity index (χ3v) is 1.90. The fraction of sp³-hybridized carbons (Fsp3) is 0.0909. The smallest absolute Gasteiger partial charge is 0.218 e. The number of rotatable bonds is 3. The van der Waals surface area contributed by atoms with E-state index in [0.29, 0.717) is 11.7 Å². The SMILES string of the molecule is COc1cc(Nc2ccccc2)ncn1. The van der Waals surface area contributed by atoms with Gasteiger partial charge < -0.3 is 10.1 Å². The van der Waals surface area contributed by atoms with Crippen molar-refractivity contribution in [3.63, 3.8) is 0 Å². The molecule has 4 nitrogen and oxygen atoms in total. The molecule has 0 fully saturated rings. The Morgan fingerprint density at radius 3 is 2.67 bits per heavy atom. The summed E-state index contributed by atoms with van der Waals surface area (Å²) in [5, 5.41) is 3.15. The molecule has 0 bridgehead atoms. The van der Waals surface area contributed by atoms with Gasteiger partial charge in [-0.05, 0) is 12.1 Å². The normalized spacial score (nSPS) is 9.67. The first-order valence-corrected chi connectivity index (χ1v) is 4.56. The minimum atomic E-state index is 0.545. The molecule has 0 spiro atoms. The lowest BCUT2D eigenvalue weighted by Crippen LogP contribution is -1.95. The van der Waals surface area contributed by atoms with E-state index >= 15 is 0 Å². The molecule has 76 valence electrons. The minimum Gasteiger partial charge on any atom is -0.481 e. The Labute approximate surface area is 88.0 Å². The van der Waals surface area contributed by atoms with Crippen LogP contribution in [0.5, 0.6) is 5.88 Å². The summed E-state index contributed by atoms with van der Waals surface area (Å²) in [6.45, 7) is 0. The summed E-state index contributed by atoms with van der Waals surface area (Å²) in [7, 11) is 1.58. The Bertz CT molecular complexity index is 431. The monoisotopic (exact) mass is 201 g/mol. The molecule has 0 aliphatic carbocycles. The maximum atomic E-state index is 5.00. The lowest BCUT2D eigenvalue weighted by Gasteiger charge is -2.05. The maximum Gasteiger partial charge on any atom is 0.218 e. The van der Waals surface area contributed by atoms with Crippen LogP contribution in [-0.4, -0.2) is 17.1 Å². The number of anilines is 2. The van der Waals surface area contributed by atoms with E-state index in [4.69, 9.17) is 4.74 Å². The third kappa shape index (κ3) is 2.43. The largest absolute Gasteiger partial charge is 0.481 e. The highest BCUT2D eigenvalue weighted by atomic mass is 16.5. The number of para-hydroxylation sites is 1. The van der Waals surface area contributed by atoms with E-state index in [0.717, 1.165) is 5.69 Å². The van der Waals surface area contributed by atoms with Gasteiger partial charge in [0, 0.05) is 11.8 Å². The van der Waals surface area contributed by atoms with E-state index < -0.39 is 0 Å². The number of methoxy groups -OCH3 is 1. The molecule has 1 aromatic heterocycles. The van der Waals surface area contributed by atoms with Crippen LogP contribution >= 0.6 is 0 Å². The van der Waals surface area contributed by atoms with Gasteiger partial charge in [-0.3, -0.25) is 0 Å². The van der Waals surface area contributed by atoms with Gasteiger partial charge in [-0.2, -0.15) is 0 Å². The zero-order chi connectivity index (χ0) is 10.5. The summed E-state index contributed by atoms with van der Waals surface area (Å²) in [6, 6.07) is 11.6. The molecule has 0 aliphatic rings. The fourth-order valence-electron chi connectivity index (χ4n) is 1.19. The fourth-order valence-corrected chi connectivity index (χ4v) is 1.19. The molecule has 2 rings (SSSR count). The Morgan fingerprint density at radius 2 is 1.93 bits per heavy atom. The third-order valence-electron chi connectivity index (χ3n) is 1.90. The number of ether oxygens (including phenoxy) is 1. The molecule has 0 saturated carbocycles. The summed E-state index contributed by atoms with van der Waals surface area (Å²) in [5.74, 6) is 1.26. The van der Waals surface area contributed by atoms with E-state index in [9.17, 15) is 0 Å². The first kappa shape index (κ1) is 9.45. The van der Waals surface area contributed by atoms with Crippen molar-refractivity contribution in [1.82, 2.24) is 9.97 Å². The average molecular weight is 201 g/mol. The van der Waals surface area contributed by atoms with E-state index in [1.807, 2.05) is 30.3 Å². The van der Waals surface area contributed by atoms with Crippen molar-refractivity contribution in [1.29, 1.82) is 0 Å². The minimum absolute atomic E-state index is 0.545. The van der Waals surface area contributed by atoms with Crippen LogP contribution in [0.1, 0.15) is 0 Å². The van der Waals surface area contributed by atoms with Crippen LogP contribution in [0.25, 0.3) is 0 Å². The van der Waals surface area contributed by atoms with Crippen LogP contribution < -0.4 is 10.1 Å². The van der Waals surface area contributed by atoms with Crippen molar-refractivity contribution in [2.45, 2.75) is 0 Å². The highest BCUT2D eigenvalue weighted by Crippen LogP contribution is 2.16. The number of hydrogen-bond donors (Lipinski definition) is 1. The van der Waals surface area contributed by atoms with Crippen molar-refractivity contribution in [2.24, 2.45) is 0 Å². The number of nitrogens with one attached hydrogen (secondary N) is 1. The van der Waals surface area contributed by atoms with Gasteiger partial charge in [-0.15, -0.1) is 0 Å². The molecule has 2 aromatic rings. The number of benzene rings is 1. The molecular weight excluding hydrogens is 190 g/mol. The van der Waals surface area contributed by atoms with Gasteiger partial charge in [0.05, 0.1) is 7.11 Å². The Morgan fingerprint density at radius 1 is 1.13 bits per heavy atom. The lowest BCUT2D eigenvalue weighted by atomic mass is 10.3. The molecule has 1 aromatic carbocycles. The molecule has 4 heteroatoms. The van der Waals surface area contributed by atoms with E-state index in [1.54, 1.807) is 13.2 Å². The van der Waals surface area contributed by atoms with E-state index in [-0.39, 0.29) is 0 Å². The summed E-state index contributed by atoms with van der Waals surface area (Å²) in [6.07, 6.45) is 1.46. The van der Waals surface area contributed by atoms with Crippen molar-refractivity contribution < 1.29 is 4.74 Å². The van der Waals surface area contributed by atoms with Gasteiger partial charge in [0.25, 0.3) is 0 Å². The van der Waals surface area contributed by atoms with Crippen LogP contribution in [0.15, 0.2) is 42.7 Å². The molecule has 1 heterocycles. The second-order valence-corrected chi connectivity index (χ2v) is 2.94. The molecule has 0 radical (unpaired) electrons. The summed E-state index contributed by atoms with van der Waals surface area (Å²) in [5.41, 5.74) is 0.984. The van der Waals surface area contributed by atoms with Gasteiger partial charge >= 0.3 is 0 Å². The first-order chi connectivity index (χ1) is 7.38. The van der Waals surface area contributed by atoms with Gasteiger partial charge in [0.2, 0.25) is 5.88 Å². The number of nitrogens with zero attached hydrogens (tertiary/aromatic N) is 2. The van der Waals surface area contributed by atoms with Crippen LogP contribution in [0.4, 0.5) is 11.5 Å². The summed E-state index contributed by atoms with van der Waals surface area (Å²) < 4.78 is 5.00. The Kier molecular flexibility index (Phi) is 2.78. The molecular formula is C11H11N3O. The second-order valence-electron chi connectivity index (χ2n) is 2.94. The Hall–Kier alpha value is -2.10. The van der Waals surface area contributed by atoms with Crippen molar-refractivity contribution >= 4 is 11.5 Å². The van der Waals surface area contributed by atoms with Crippen LogP contribution in [0.3, 0.4) is 0 Å². The second kappa shape index (κ2) is 4.41. The van der Waals surface area contributed by atoms with Gasteiger partial charge in [-0.25, -0.2) is 9.97 Å². The van der Waals surface area contributed by atoms with Crippen LogP contribution in [-0.2, 0) is 0 Å². The number of aromatic nitrogens is 2. The van der Waals surface area contributed by atoms with E-state index in [1.165, 1.54) is 6.33 Å². The zero-order valence-corrected chi connectivity index (χ0v) is 8.34.